The molecule has 2 heterocycles. The number of fused-ring (bicyclic) bond motifs is 1. The van der Waals surface area contributed by atoms with Gasteiger partial charge in [0.15, 0.2) is 0 Å². The van der Waals surface area contributed by atoms with Crippen LogP contribution in [0.15, 0.2) is 67.4 Å². The van der Waals surface area contributed by atoms with Gasteiger partial charge in [-0.1, -0.05) is 62.9 Å². The fraction of sp³-hybridized carbons (Fsp3) is 0.320. The maximum atomic E-state index is 12.1. The first kappa shape index (κ1) is 21.4. The number of aryl methyl sites for hydroxylation is 1. The molecule has 0 saturated heterocycles. The summed E-state index contributed by atoms with van der Waals surface area (Å²) in [5.41, 5.74) is 4.81. The number of nitrogens with zero attached hydrogens (tertiary/aromatic N) is 2. The van der Waals surface area contributed by atoms with Crippen molar-refractivity contribution in [2.75, 3.05) is 0 Å². The van der Waals surface area contributed by atoms with Gasteiger partial charge in [-0.05, 0) is 53.1 Å². The molecule has 0 bridgehead atoms. The molecule has 0 aliphatic heterocycles. The molecule has 0 saturated carbocycles. The zero-order valence-corrected chi connectivity index (χ0v) is 19.0. The Labute approximate surface area is 185 Å². The summed E-state index contributed by atoms with van der Waals surface area (Å²) in [6.45, 7) is 8.53. The Kier molecular flexibility index (Phi) is 6.28. The van der Waals surface area contributed by atoms with Crippen LogP contribution in [0.2, 0.25) is 0 Å². The molecule has 4 rings (SSSR count). The van der Waals surface area contributed by atoms with Crippen molar-refractivity contribution in [1.29, 1.82) is 0 Å². The van der Waals surface area contributed by atoms with Crippen LogP contribution in [0.3, 0.4) is 0 Å². The minimum absolute atomic E-state index is 0.292. The minimum atomic E-state index is -0.345. The largest absolute Gasteiger partial charge is 0.423 e. The Bertz CT molecular complexity index is 1240. The highest BCUT2D eigenvalue weighted by Crippen LogP contribution is 2.30. The molecule has 1 atom stereocenters. The predicted octanol–water partition coefficient (Wildman–Crippen LogP) is 6.25. The topological polar surface area (TPSA) is 69.1 Å². The van der Waals surface area contributed by atoms with Crippen molar-refractivity contribution in [2.24, 2.45) is 0 Å². The fourth-order valence-electron chi connectivity index (χ4n) is 3.81. The van der Waals surface area contributed by atoms with Gasteiger partial charge in [-0.25, -0.2) is 4.79 Å². The van der Waals surface area contributed by atoms with Gasteiger partial charge in [0.25, 0.3) is 5.22 Å². The molecule has 0 fully saturated rings. The molecular weight excluding hydrogens is 408 g/mol. The van der Waals surface area contributed by atoms with E-state index in [0.29, 0.717) is 40.7 Å². The van der Waals surface area contributed by atoms with E-state index in [1.165, 1.54) is 22.9 Å². The summed E-state index contributed by atoms with van der Waals surface area (Å²) >= 11 is 1.44. The molecule has 0 aliphatic rings. The average molecular weight is 435 g/mol. The van der Waals surface area contributed by atoms with E-state index in [0.717, 1.165) is 16.5 Å². The molecule has 4 aromatic rings. The summed E-state index contributed by atoms with van der Waals surface area (Å²) in [6, 6.07) is 15.9. The van der Waals surface area contributed by atoms with Crippen molar-refractivity contribution in [2.45, 2.75) is 56.9 Å². The molecular formula is C25H26N2O3S. The van der Waals surface area contributed by atoms with E-state index in [1.807, 2.05) is 31.2 Å². The third-order valence-corrected chi connectivity index (χ3v) is 6.35. The number of thioether (sulfide) groups is 1. The Morgan fingerprint density at radius 2 is 1.77 bits per heavy atom. The van der Waals surface area contributed by atoms with Crippen LogP contribution in [0, 0.1) is 6.92 Å². The molecule has 2 aromatic heterocycles. The number of benzene rings is 2. The third-order valence-electron chi connectivity index (χ3n) is 5.49. The summed E-state index contributed by atoms with van der Waals surface area (Å²) in [5.74, 6) is 1.86. The zero-order chi connectivity index (χ0) is 22.0. The van der Waals surface area contributed by atoms with Crippen LogP contribution in [0.25, 0.3) is 11.0 Å². The lowest BCUT2D eigenvalue weighted by Crippen LogP contribution is -2.02. The van der Waals surface area contributed by atoms with E-state index in [4.69, 9.17) is 8.83 Å². The van der Waals surface area contributed by atoms with Gasteiger partial charge in [0.1, 0.15) is 5.58 Å². The van der Waals surface area contributed by atoms with Crippen molar-refractivity contribution in [3.05, 3.63) is 87.1 Å². The van der Waals surface area contributed by atoms with Crippen molar-refractivity contribution >= 4 is 22.7 Å². The molecule has 5 nitrogen and oxygen atoms in total. The van der Waals surface area contributed by atoms with Crippen LogP contribution in [-0.4, -0.2) is 10.2 Å². The van der Waals surface area contributed by atoms with Gasteiger partial charge < -0.3 is 8.83 Å². The molecule has 1 unspecified atom stereocenters. The first-order valence-electron chi connectivity index (χ1n) is 10.5. The lowest BCUT2D eigenvalue weighted by atomic mass is 9.95. The second-order valence-corrected chi connectivity index (χ2v) is 9.14. The molecule has 0 radical (unpaired) electrons. The summed E-state index contributed by atoms with van der Waals surface area (Å²) in [4.78, 5) is 12.1. The molecule has 2 aromatic carbocycles. The maximum absolute atomic E-state index is 12.1. The lowest BCUT2D eigenvalue weighted by molar-refractivity contribution is 0.404. The van der Waals surface area contributed by atoms with Crippen molar-refractivity contribution in [1.82, 2.24) is 10.2 Å². The Balaban J connectivity index is 1.52. The number of hydrogen-bond acceptors (Lipinski definition) is 6. The molecule has 160 valence electrons. The normalized spacial score (nSPS) is 12.5. The van der Waals surface area contributed by atoms with Gasteiger partial charge in [-0.2, -0.15) is 0 Å². The van der Waals surface area contributed by atoms with Gasteiger partial charge in [0.2, 0.25) is 5.89 Å². The van der Waals surface area contributed by atoms with Gasteiger partial charge in [-0.3, -0.25) is 0 Å². The summed E-state index contributed by atoms with van der Waals surface area (Å²) < 4.78 is 11.3. The third kappa shape index (κ3) is 4.90. The highest BCUT2D eigenvalue weighted by Gasteiger charge is 2.15. The maximum Gasteiger partial charge on any atom is 0.336 e. The lowest BCUT2D eigenvalue weighted by Gasteiger charge is -2.12. The average Bonchev–Trinajstić information content (AvgIpc) is 3.19. The number of hydrogen-bond donors (Lipinski definition) is 0. The molecule has 6 heteroatoms. The van der Waals surface area contributed by atoms with Crippen molar-refractivity contribution in [3.63, 3.8) is 0 Å². The van der Waals surface area contributed by atoms with E-state index >= 15 is 0 Å². The van der Waals surface area contributed by atoms with Crippen LogP contribution in [0.1, 0.15) is 60.8 Å². The van der Waals surface area contributed by atoms with Crippen molar-refractivity contribution in [3.8, 4) is 0 Å². The van der Waals surface area contributed by atoms with E-state index in [2.05, 4.69) is 49.2 Å². The summed E-state index contributed by atoms with van der Waals surface area (Å²) in [6.07, 6.45) is 0.687. The zero-order valence-electron chi connectivity index (χ0n) is 18.2. The second-order valence-electron chi connectivity index (χ2n) is 8.22. The van der Waals surface area contributed by atoms with Gasteiger partial charge in [0, 0.05) is 23.6 Å². The number of rotatable bonds is 7. The van der Waals surface area contributed by atoms with E-state index in [9.17, 15) is 4.79 Å². The number of aromatic nitrogens is 2. The van der Waals surface area contributed by atoms with E-state index in [1.54, 1.807) is 6.07 Å². The van der Waals surface area contributed by atoms with Crippen LogP contribution in [-0.2, 0) is 12.2 Å². The van der Waals surface area contributed by atoms with Gasteiger partial charge >= 0.3 is 5.63 Å². The molecule has 0 N–H and O–H groups in total. The summed E-state index contributed by atoms with van der Waals surface area (Å²) in [5, 5.41) is 9.85. The van der Waals surface area contributed by atoms with E-state index < -0.39 is 0 Å². The standard InChI is InChI=1S/C25H26N2O3S/c1-15(2)20-13-21-19(12-24(28)29-22(21)10-17(20)4)14-31-25-27-26-23(30-25)11-16(3)18-8-6-5-7-9-18/h5-10,12-13,15-16H,11,14H2,1-4H3. The highest BCUT2D eigenvalue weighted by molar-refractivity contribution is 7.98. The van der Waals surface area contributed by atoms with Crippen LogP contribution < -0.4 is 5.63 Å². The van der Waals surface area contributed by atoms with Crippen LogP contribution in [0.4, 0.5) is 0 Å². The minimum Gasteiger partial charge on any atom is -0.423 e. The highest BCUT2D eigenvalue weighted by atomic mass is 32.2. The Morgan fingerprint density at radius 3 is 2.52 bits per heavy atom. The molecule has 31 heavy (non-hydrogen) atoms. The SMILES string of the molecule is Cc1cc2oc(=O)cc(CSc3nnc(CC(C)c4ccccc4)o3)c2cc1C(C)C. The predicted molar refractivity (Wildman–Crippen MR) is 124 cm³/mol. The summed E-state index contributed by atoms with van der Waals surface area (Å²) in [7, 11) is 0. The monoisotopic (exact) mass is 434 g/mol. The quantitative estimate of drug-likeness (QED) is 0.253. The van der Waals surface area contributed by atoms with E-state index in [-0.39, 0.29) is 5.63 Å². The van der Waals surface area contributed by atoms with Crippen LogP contribution >= 0.6 is 11.8 Å². The van der Waals surface area contributed by atoms with Crippen LogP contribution in [0.5, 0.6) is 0 Å². The Hall–Kier alpha value is -2.86. The molecule has 0 spiro atoms. The molecule has 0 amide bonds. The first-order valence-corrected chi connectivity index (χ1v) is 11.5. The smallest absolute Gasteiger partial charge is 0.336 e. The van der Waals surface area contributed by atoms with Gasteiger partial charge in [0.05, 0.1) is 0 Å². The first-order chi connectivity index (χ1) is 14.9. The fourth-order valence-corrected chi connectivity index (χ4v) is 4.58. The van der Waals surface area contributed by atoms with Crippen molar-refractivity contribution < 1.29 is 8.83 Å². The Morgan fingerprint density at radius 1 is 1.00 bits per heavy atom. The molecule has 0 aliphatic carbocycles. The second kappa shape index (κ2) is 9.10. The van der Waals surface area contributed by atoms with Gasteiger partial charge in [-0.15, -0.1) is 10.2 Å².